The first-order valence-corrected chi connectivity index (χ1v) is 8.09. The van der Waals surface area contributed by atoms with Gasteiger partial charge < -0.3 is 5.32 Å². The molecule has 0 spiro atoms. The summed E-state index contributed by atoms with van der Waals surface area (Å²) in [5, 5.41) is 2.88. The molecule has 0 bridgehead atoms. The number of benzene rings is 2. The second kappa shape index (κ2) is 5.78. The lowest BCUT2D eigenvalue weighted by Gasteiger charge is -2.24. The normalized spacial score (nSPS) is 20.4. The molecule has 1 heterocycles. The Morgan fingerprint density at radius 3 is 2.42 bits per heavy atom. The first-order valence-electron chi connectivity index (χ1n) is 8.09. The van der Waals surface area contributed by atoms with E-state index in [4.69, 9.17) is 0 Å². The number of carbonyl (C=O) groups is 2. The molecular weight excluding hydrogens is 300 g/mol. The second-order valence-corrected chi connectivity index (χ2v) is 6.69. The third-order valence-corrected chi connectivity index (χ3v) is 4.79. The minimum atomic E-state index is -1.01. The van der Waals surface area contributed by atoms with Gasteiger partial charge in [0, 0.05) is 0 Å². The first kappa shape index (κ1) is 16.2. The van der Waals surface area contributed by atoms with E-state index in [-0.39, 0.29) is 11.9 Å². The van der Waals surface area contributed by atoms with Crippen LogP contribution in [0, 0.1) is 20.8 Å². The number of hydrogen-bond acceptors (Lipinski definition) is 2. The summed E-state index contributed by atoms with van der Waals surface area (Å²) >= 11 is 0. The summed E-state index contributed by atoms with van der Waals surface area (Å²) < 4.78 is 0. The van der Waals surface area contributed by atoms with Crippen molar-refractivity contribution in [2.45, 2.75) is 39.8 Å². The largest absolute Gasteiger partial charge is 0.325 e. The predicted molar refractivity (Wildman–Crippen MR) is 93.5 cm³/mol. The van der Waals surface area contributed by atoms with Crippen molar-refractivity contribution in [3.05, 3.63) is 70.3 Å². The lowest BCUT2D eigenvalue weighted by Crippen LogP contribution is -2.41. The number of imide groups is 1. The summed E-state index contributed by atoms with van der Waals surface area (Å²) in [7, 11) is 0. The standard InChI is InChI=1S/C20H22N2O2/c1-13-9-10-14(2)16(11-13)12-22-18(23)20(4,21-19(22)24)17-8-6-5-7-15(17)3/h5-11H,12H2,1-4H3,(H,21,24). The van der Waals surface area contributed by atoms with E-state index < -0.39 is 5.54 Å². The molecule has 0 aromatic heterocycles. The minimum Gasteiger partial charge on any atom is -0.319 e. The molecule has 0 aliphatic carbocycles. The van der Waals surface area contributed by atoms with Crippen molar-refractivity contribution < 1.29 is 9.59 Å². The maximum atomic E-state index is 13.0. The van der Waals surface area contributed by atoms with E-state index in [2.05, 4.69) is 5.32 Å². The Labute approximate surface area is 142 Å². The van der Waals surface area contributed by atoms with Crippen molar-refractivity contribution in [2.24, 2.45) is 0 Å². The number of urea groups is 1. The van der Waals surface area contributed by atoms with Crippen molar-refractivity contribution in [2.75, 3.05) is 0 Å². The van der Waals surface area contributed by atoms with Crippen LogP contribution < -0.4 is 5.32 Å². The SMILES string of the molecule is Cc1ccc(C)c(CN2C(=O)NC(C)(c3ccccc3C)C2=O)c1. The molecule has 1 unspecified atom stereocenters. The van der Waals surface area contributed by atoms with Gasteiger partial charge in [-0.1, -0.05) is 48.0 Å². The van der Waals surface area contributed by atoms with Gasteiger partial charge >= 0.3 is 6.03 Å². The molecule has 4 heteroatoms. The van der Waals surface area contributed by atoms with Gasteiger partial charge in [-0.05, 0) is 49.9 Å². The zero-order valence-electron chi connectivity index (χ0n) is 14.5. The Kier molecular flexibility index (Phi) is 3.91. The summed E-state index contributed by atoms with van der Waals surface area (Å²) in [5.74, 6) is -0.206. The summed E-state index contributed by atoms with van der Waals surface area (Å²) in [6, 6.07) is 13.4. The minimum absolute atomic E-state index is 0.206. The highest BCUT2D eigenvalue weighted by Crippen LogP contribution is 2.32. The van der Waals surface area contributed by atoms with Crippen LogP contribution in [0.1, 0.15) is 34.7 Å². The van der Waals surface area contributed by atoms with E-state index in [0.717, 1.165) is 27.8 Å². The average Bonchev–Trinajstić information content (AvgIpc) is 2.75. The summed E-state index contributed by atoms with van der Waals surface area (Å²) in [5.41, 5.74) is 4.00. The highest BCUT2D eigenvalue weighted by Gasteiger charge is 2.49. The van der Waals surface area contributed by atoms with E-state index in [1.807, 2.05) is 63.2 Å². The molecule has 1 aliphatic rings. The molecule has 1 fully saturated rings. The van der Waals surface area contributed by atoms with Crippen LogP contribution in [0.2, 0.25) is 0 Å². The Balaban J connectivity index is 1.95. The molecule has 0 saturated carbocycles. The number of nitrogens with one attached hydrogen (secondary N) is 1. The Bertz CT molecular complexity index is 828. The van der Waals surface area contributed by atoms with E-state index in [1.165, 1.54) is 4.90 Å². The van der Waals surface area contributed by atoms with Crippen molar-refractivity contribution in [1.82, 2.24) is 10.2 Å². The van der Waals surface area contributed by atoms with E-state index in [9.17, 15) is 9.59 Å². The zero-order chi connectivity index (χ0) is 17.5. The molecule has 2 aromatic carbocycles. The lowest BCUT2D eigenvalue weighted by atomic mass is 9.88. The van der Waals surface area contributed by atoms with Crippen LogP contribution in [0.4, 0.5) is 4.79 Å². The summed E-state index contributed by atoms with van der Waals surface area (Å²) in [4.78, 5) is 26.8. The third kappa shape index (κ3) is 2.58. The topological polar surface area (TPSA) is 49.4 Å². The number of hydrogen-bond donors (Lipinski definition) is 1. The fourth-order valence-electron chi connectivity index (χ4n) is 3.30. The van der Waals surface area contributed by atoms with Crippen LogP contribution in [-0.4, -0.2) is 16.8 Å². The Morgan fingerprint density at radius 2 is 1.71 bits per heavy atom. The van der Waals surface area contributed by atoms with Gasteiger partial charge in [-0.25, -0.2) is 4.79 Å². The maximum absolute atomic E-state index is 13.0. The van der Waals surface area contributed by atoms with Crippen molar-refractivity contribution in [3.8, 4) is 0 Å². The molecule has 3 amide bonds. The molecule has 1 atom stereocenters. The van der Waals surface area contributed by atoms with Crippen LogP contribution >= 0.6 is 0 Å². The monoisotopic (exact) mass is 322 g/mol. The molecule has 0 radical (unpaired) electrons. The Morgan fingerprint density at radius 1 is 1.00 bits per heavy atom. The molecule has 124 valence electrons. The van der Waals surface area contributed by atoms with Crippen LogP contribution in [0.15, 0.2) is 42.5 Å². The van der Waals surface area contributed by atoms with E-state index in [0.29, 0.717) is 6.54 Å². The number of carbonyl (C=O) groups excluding carboxylic acids is 2. The number of nitrogens with zero attached hydrogens (tertiary/aromatic N) is 1. The molecule has 2 aromatic rings. The first-order chi connectivity index (χ1) is 11.3. The van der Waals surface area contributed by atoms with E-state index in [1.54, 1.807) is 6.92 Å². The van der Waals surface area contributed by atoms with Crippen LogP contribution in [0.25, 0.3) is 0 Å². The zero-order valence-corrected chi connectivity index (χ0v) is 14.5. The predicted octanol–water partition coefficient (Wildman–Crippen LogP) is 3.58. The van der Waals surface area contributed by atoms with Crippen molar-refractivity contribution in [1.29, 1.82) is 0 Å². The van der Waals surface area contributed by atoms with Gasteiger partial charge in [-0.3, -0.25) is 9.69 Å². The quantitative estimate of drug-likeness (QED) is 0.878. The number of rotatable bonds is 3. The van der Waals surface area contributed by atoms with Gasteiger partial charge in [-0.2, -0.15) is 0 Å². The smallest absolute Gasteiger partial charge is 0.319 e. The molecule has 1 saturated heterocycles. The average molecular weight is 322 g/mol. The molecule has 4 nitrogen and oxygen atoms in total. The molecular formula is C20H22N2O2. The lowest BCUT2D eigenvalue weighted by molar-refractivity contribution is -0.131. The fourth-order valence-corrected chi connectivity index (χ4v) is 3.30. The molecule has 24 heavy (non-hydrogen) atoms. The van der Waals surface area contributed by atoms with Gasteiger partial charge in [0.15, 0.2) is 0 Å². The van der Waals surface area contributed by atoms with Crippen molar-refractivity contribution >= 4 is 11.9 Å². The molecule has 3 rings (SSSR count). The van der Waals surface area contributed by atoms with Gasteiger partial charge in [0.25, 0.3) is 5.91 Å². The summed E-state index contributed by atoms with van der Waals surface area (Å²) in [6.07, 6.45) is 0. The van der Waals surface area contributed by atoms with E-state index >= 15 is 0 Å². The highest BCUT2D eigenvalue weighted by atomic mass is 16.2. The van der Waals surface area contributed by atoms with Gasteiger partial charge in [0.2, 0.25) is 0 Å². The van der Waals surface area contributed by atoms with Crippen molar-refractivity contribution in [3.63, 3.8) is 0 Å². The maximum Gasteiger partial charge on any atom is 0.325 e. The Hall–Kier alpha value is -2.62. The van der Waals surface area contributed by atoms with Gasteiger partial charge in [-0.15, -0.1) is 0 Å². The van der Waals surface area contributed by atoms with Crippen LogP contribution in [-0.2, 0) is 16.9 Å². The number of aryl methyl sites for hydroxylation is 3. The molecule has 1 aliphatic heterocycles. The summed E-state index contributed by atoms with van der Waals surface area (Å²) in [6.45, 7) is 8.02. The fraction of sp³-hybridized carbons (Fsp3) is 0.300. The van der Waals surface area contributed by atoms with Crippen LogP contribution in [0.5, 0.6) is 0 Å². The third-order valence-electron chi connectivity index (χ3n) is 4.79. The van der Waals surface area contributed by atoms with Gasteiger partial charge in [0.1, 0.15) is 5.54 Å². The second-order valence-electron chi connectivity index (χ2n) is 6.69. The highest BCUT2D eigenvalue weighted by molar-refractivity contribution is 6.07. The number of amides is 3. The van der Waals surface area contributed by atoms with Crippen LogP contribution in [0.3, 0.4) is 0 Å². The van der Waals surface area contributed by atoms with Gasteiger partial charge in [0.05, 0.1) is 6.54 Å². The molecule has 1 N–H and O–H groups in total.